The fraction of sp³-hybridized carbons (Fsp3) is 0.174. The zero-order valence-corrected chi connectivity index (χ0v) is 17.0. The van der Waals surface area contributed by atoms with E-state index in [9.17, 15) is 22.0 Å². The Balaban J connectivity index is 1.71. The Morgan fingerprint density at radius 2 is 1.41 bits per heavy atom. The maximum Gasteiger partial charge on any atom is 0.417 e. The summed E-state index contributed by atoms with van der Waals surface area (Å²) in [5.41, 5.74) is 0.449. The quantitative estimate of drug-likeness (QED) is 0.303. The molecule has 0 spiro atoms. The molecule has 0 saturated heterocycles. The number of pyridine rings is 3. The minimum absolute atomic E-state index is 0.0526. The number of hydrogen-bond acceptors (Lipinski definition) is 3. The molecule has 4 heterocycles. The van der Waals surface area contributed by atoms with Gasteiger partial charge in [-0.1, -0.05) is 12.1 Å². The van der Waals surface area contributed by atoms with Crippen LogP contribution in [0.2, 0.25) is 0 Å². The van der Waals surface area contributed by atoms with Crippen molar-refractivity contribution in [2.45, 2.75) is 25.4 Å². The van der Waals surface area contributed by atoms with E-state index >= 15 is 0 Å². The van der Waals surface area contributed by atoms with Crippen molar-refractivity contribution < 1.29 is 22.0 Å². The highest BCUT2D eigenvalue weighted by Crippen LogP contribution is 2.34. The highest BCUT2D eigenvalue weighted by Gasteiger charge is 2.32. The maximum absolute atomic E-state index is 14.1. The minimum atomic E-state index is -4.46. The van der Waals surface area contributed by atoms with Crippen molar-refractivity contribution in [2.24, 2.45) is 0 Å². The van der Waals surface area contributed by atoms with Crippen LogP contribution in [-0.4, -0.2) is 19.9 Å². The third-order valence-corrected chi connectivity index (χ3v) is 5.16. The molecule has 4 aromatic heterocycles. The number of rotatable bonds is 4. The minimum Gasteiger partial charge on any atom is -0.359 e. The van der Waals surface area contributed by atoms with Crippen LogP contribution in [0, 0.1) is 11.9 Å². The van der Waals surface area contributed by atoms with E-state index in [1.807, 2.05) is 13.8 Å². The highest BCUT2D eigenvalue weighted by molar-refractivity contribution is 5.59. The Bertz CT molecular complexity index is 1280. The lowest BCUT2D eigenvalue weighted by atomic mass is 9.84. The molecule has 0 aliphatic heterocycles. The van der Waals surface area contributed by atoms with Crippen LogP contribution in [0.5, 0.6) is 0 Å². The van der Waals surface area contributed by atoms with Gasteiger partial charge < -0.3 is 4.98 Å². The Labute approximate surface area is 180 Å². The average Bonchev–Trinajstić information content (AvgIpc) is 3.25. The zero-order chi connectivity index (χ0) is 23.1. The fourth-order valence-corrected chi connectivity index (χ4v) is 3.31. The molecule has 164 valence electrons. The lowest BCUT2D eigenvalue weighted by Crippen LogP contribution is -2.22. The highest BCUT2D eigenvalue weighted by atomic mass is 19.4. The van der Waals surface area contributed by atoms with Gasteiger partial charge in [-0.25, -0.2) is 0 Å². The molecule has 0 unspecified atom stereocenters. The van der Waals surface area contributed by atoms with Crippen LogP contribution in [-0.2, 0) is 11.6 Å². The molecule has 9 heteroatoms. The summed E-state index contributed by atoms with van der Waals surface area (Å²) >= 11 is 0. The second-order valence-electron chi connectivity index (χ2n) is 7.71. The summed E-state index contributed by atoms with van der Waals surface area (Å²) in [6.45, 7) is 3.70. The van der Waals surface area contributed by atoms with Gasteiger partial charge >= 0.3 is 6.18 Å². The molecule has 0 radical (unpaired) electrons. The lowest BCUT2D eigenvalue weighted by molar-refractivity contribution is -0.137. The molecule has 0 amide bonds. The summed E-state index contributed by atoms with van der Waals surface area (Å²) in [4.78, 5) is 14.9. The van der Waals surface area contributed by atoms with E-state index in [0.29, 0.717) is 17.1 Å². The van der Waals surface area contributed by atoms with E-state index in [1.54, 1.807) is 36.4 Å². The molecule has 4 nitrogen and oxygen atoms in total. The van der Waals surface area contributed by atoms with Crippen molar-refractivity contribution in [2.75, 3.05) is 0 Å². The summed E-state index contributed by atoms with van der Waals surface area (Å²) in [5.74, 6) is -1.90. The smallest absolute Gasteiger partial charge is 0.359 e. The van der Waals surface area contributed by atoms with Crippen molar-refractivity contribution >= 4 is 0 Å². The average molecular weight is 444 g/mol. The Hall–Kier alpha value is -3.62. The largest absolute Gasteiger partial charge is 0.417 e. The van der Waals surface area contributed by atoms with Gasteiger partial charge in [0.1, 0.15) is 0 Å². The van der Waals surface area contributed by atoms with E-state index in [2.05, 4.69) is 19.9 Å². The van der Waals surface area contributed by atoms with E-state index in [-0.39, 0.29) is 17.0 Å². The van der Waals surface area contributed by atoms with E-state index < -0.39 is 29.1 Å². The van der Waals surface area contributed by atoms with Crippen LogP contribution in [0.1, 0.15) is 30.8 Å². The fourth-order valence-electron chi connectivity index (χ4n) is 3.31. The van der Waals surface area contributed by atoms with Gasteiger partial charge in [-0.15, -0.1) is 0 Å². The second-order valence-corrected chi connectivity index (χ2v) is 7.71. The van der Waals surface area contributed by atoms with Crippen molar-refractivity contribution in [3.8, 4) is 22.6 Å². The lowest BCUT2D eigenvalue weighted by Gasteiger charge is -2.24. The molecule has 0 atom stereocenters. The number of aromatic nitrogens is 4. The van der Waals surface area contributed by atoms with Crippen LogP contribution >= 0.6 is 0 Å². The molecule has 0 bridgehead atoms. The van der Waals surface area contributed by atoms with E-state index in [0.717, 1.165) is 18.3 Å². The van der Waals surface area contributed by atoms with Gasteiger partial charge in [0.25, 0.3) is 0 Å². The number of hydrogen-bond donors (Lipinski definition) is 1. The molecule has 32 heavy (non-hydrogen) atoms. The van der Waals surface area contributed by atoms with Crippen molar-refractivity contribution in [3.05, 3.63) is 89.6 Å². The SMILES string of the molecule is CC(C)(c1cccc(-c2cc(C(F)(F)F)c[nH]2)n1)c1cccc(-c2ccc(F)nc2F)n1. The van der Waals surface area contributed by atoms with Gasteiger partial charge in [-0.05, 0) is 56.3 Å². The Morgan fingerprint density at radius 3 is 2.00 bits per heavy atom. The third-order valence-electron chi connectivity index (χ3n) is 5.16. The maximum atomic E-state index is 14.1. The molecular weight excluding hydrogens is 427 g/mol. The monoisotopic (exact) mass is 444 g/mol. The normalized spacial score (nSPS) is 12.2. The molecule has 0 aliphatic carbocycles. The number of halogens is 5. The number of H-pyrrole nitrogens is 1. The van der Waals surface area contributed by atoms with Gasteiger partial charge in [-0.3, -0.25) is 9.97 Å². The number of nitrogens with one attached hydrogen (secondary N) is 1. The van der Waals surface area contributed by atoms with Crippen molar-refractivity contribution in [1.82, 2.24) is 19.9 Å². The van der Waals surface area contributed by atoms with Crippen LogP contribution in [0.4, 0.5) is 22.0 Å². The molecule has 0 aromatic carbocycles. The predicted octanol–water partition coefficient (Wildman–Crippen LogP) is 6.16. The van der Waals surface area contributed by atoms with Crippen molar-refractivity contribution in [3.63, 3.8) is 0 Å². The summed E-state index contributed by atoms with van der Waals surface area (Å²) in [6.07, 6.45) is -3.56. The van der Waals surface area contributed by atoms with Gasteiger partial charge in [0.2, 0.25) is 11.9 Å². The zero-order valence-electron chi connectivity index (χ0n) is 17.0. The molecule has 0 saturated carbocycles. The third kappa shape index (κ3) is 4.10. The van der Waals surface area contributed by atoms with Gasteiger partial charge in [0.15, 0.2) is 0 Å². The van der Waals surface area contributed by atoms with Crippen LogP contribution in [0.25, 0.3) is 22.6 Å². The molecule has 1 N–H and O–H groups in total. The summed E-state index contributed by atoms with van der Waals surface area (Å²) in [6, 6.07) is 13.4. The molecule has 0 fully saturated rings. The van der Waals surface area contributed by atoms with Crippen LogP contribution < -0.4 is 0 Å². The summed E-state index contributed by atoms with van der Waals surface area (Å²) in [7, 11) is 0. The Kier molecular flexibility index (Phi) is 5.28. The standard InChI is InChI=1S/C23H17F5N4/c1-22(2,18-7-3-5-15(30-18)14-9-10-20(24)32-21(14)25)19-8-4-6-16(31-19)17-11-13(12-29-17)23(26,27)28/h3-12,29H,1-2H3. The van der Waals surface area contributed by atoms with Crippen LogP contribution in [0.15, 0.2) is 60.8 Å². The summed E-state index contributed by atoms with van der Waals surface area (Å²) in [5, 5.41) is 0. The first-order chi connectivity index (χ1) is 15.1. The summed E-state index contributed by atoms with van der Waals surface area (Å²) < 4.78 is 66.1. The molecule has 0 aliphatic rings. The van der Waals surface area contributed by atoms with Crippen LogP contribution in [0.3, 0.4) is 0 Å². The number of alkyl halides is 3. The van der Waals surface area contributed by atoms with Gasteiger partial charge in [0, 0.05) is 11.6 Å². The second kappa shape index (κ2) is 7.81. The Morgan fingerprint density at radius 1 is 0.781 bits per heavy atom. The molecular formula is C23H17F5N4. The topological polar surface area (TPSA) is 54.5 Å². The van der Waals surface area contributed by atoms with Gasteiger partial charge in [-0.2, -0.15) is 26.9 Å². The van der Waals surface area contributed by atoms with E-state index in [1.165, 1.54) is 6.07 Å². The molecule has 4 rings (SSSR count). The number of aromatic amines is 1. The predicted molar refractivity (Wildman–Crippen MR) is 109 cm³/mol. The molecule has 4 aromatic rings. The first kappa shape index (κ1) is 21.6. The first-order valence-corrected chi connectivity index (χ1v) is 9.59. The first-order valence-electron chi connectivity index (χ1n) is 9.59. The van der Waals surface area contributed by atoms with Gasteiger partial charge in [0.05, 0.1) is 39.6 Å². The van der Waals surface area contributed by atoms with Crippen molar-refractivity contribution in [1.29, 1.82) is 0 Å². The van der Waals surface area contributed by atoms with E-state index in [4.69, 9.17) is 0 Å². The number of nitrogens with zero attached hydrogens (tertiary/aromatic N) is 3.